The summed E-state index contributed by atoms with van der Waals surface area (Å²) in [5, 5.41) is 9.81. The Morgan fingerprint density at radius 1 is 1.42 bits per heavy atom. The van der Waals surface area contributed by atoms with E-state index >= 15 is 0 Å². The highest BCUT2D eigenvalue weighted by Gasteiger charge is 2.16. The predicted molar refractivity (Wildman–Crippen MR) is 43.1 cm³/mol. The molecule has 0 radical (unpaired) electrons. The minimum atomic E-state index is -0.794. The fourth-order valence-corrected chi connectivity index (χ4v) is 1.05. The predicted octanol–water partition coefficient (Wildman–Crippen LogP) is 3.04. The summed E-state index contributed by atoms with van der Waals surface area (Å²) in [7, 11) is 0. The summed E-state index contributed by atoms with van der Waals surface area (Å²) < 4.78 is 12.5. The molecule has 0 saturated carbocycles. The molecule has 0 unspecified atom stereocenters. The second-order valence-electron chi connectivity index (χ2n) is 1.98. The van der Waals surface area contributed by atoms with E-state index in [-0.39, 0.29) is 10.0 Å². The van der Waals surface area contributed by atoms with Crippen LogP contribution in [-0.4, -0.2) is 4.92 Å². The number of nitrogens with zero attached hydrogens (tertiary/aromatic N) is 1. The quantitative estimate of drug-likeness (QED) is 0.406. The fraction of sp³-hybridized carbons (Fsp3) is 0. The van der Waals surface area contributed by atoms with Crippen LogP contribution in [0.25, 0.3) is 0 Å². The lowest BCUT2D eigenvalue weighted by molar-refractivity contribution is -0.384. The second kappa shape index (κ2) is 3.25. The van der Waals surface area contributed by atoms with Gasteiger partial charge in [-0.3, -0.25) is 10.1 Å². The molecule has 0 aliphatic rings. The summed E-state index contributed by atoms with van der Waals surface area (Å²) in [6.45, 7) is 0. The minimum absolute atomic E-state index is 0.164. The highest BCUT2D eigenvalue weighted by Crippen LogP contribution is 2.32. The first-order chi connectivity index (χ1) is 5.52. The van der Waals surface area contributed by atoms with E-state index in [0.717, 1.165) is 6.07 Å². The molecule has 0 aliphatic carbocycles. The van der Waals surface area contributed by atoms with Crippen molar-refractivity contribution >= 4 is 28.9 Å². The summed E-state index contributed by atoms with van der Waals surface area (Å²) in [6.07, 6.45) is 0. The molecule has 0 amide bonds. The lowest BCUT2D eigenvalue weighted by Gasteiger charge is -1.96. The van der Waals surface area contributed by atoms with Gasteiger partial charge in [-0.05, 0) is 6.07 Å². The third kappa shape index (κ3) is 1.65. The zero-order valence-corrected chi connectivity index (χ0v) is 7.06. The average Bonchev–Trinajstić information content (AvgIpc) is 1.96. The van der Waals surface area contributed by atoms with Crippen LogP contribution in [-0.2, 0) is 0 Å². The van der Waals surface area contributed by atoms with Gasteiger partial charge in [-0.15, -0.1) is 0 Å². The van der Waals surface area contributed by atoms with Gasteiger partial charge >= 0.3 is 0 Å². The van der Waals surface area contributed by atoms with E-state index in [1.807, 2.05) is 0 Å². The van der Waals surface area contributed by atoms with Crippen molar-refractivity contribution in [1.82, 2.24) is 0 Å². The molecule has 12 heavy (non-hydrogen) atoms. The molecule has 0 atom stereocenters. The van der Waals surface area contributed by atoms with Crippen LogP contribution in [0, 0.1) is 15.9 Å². The van der Waals surface area contributed by atoms with Gasteiger partial charge in [0.05, 0.1) is 16.0 Å². The first-order valence-corrected chi connectivity index (χ1v) is 3.57. The highest BCUT2D eigenvalue weighted by atomic mass is 35.5. The van der Waals surface area contributed by atoms with Gasteiger partial charge in [0.25, 0.3) is 5.69 Å². The number of nitro groups is 1. The molecular weight excluding hydrogens is 208 g/mol. The van der Waals surface area contributed by atoms with E-state index in [4.69, 9.17) is 23.2 Å². The largest absolute Gasteiger partial charge is 0.292 e. The topological polar surface area (TPSA) is 43.1 Å². The summed E-state index contributed by atoms with van der Waals surface area (Å²) in [5.74, 6) is -0.781. The lowest BCUT2D eigenvalue weighted by Crippen LogP contribution is -1.90. The van der Waals surface area contributed by atoms with Crippen molar-refractivity contribution < 1.29 is 9.31 Å². The number of benzene rings is 1. The maximum absolute atomic E-state index is 12.5. The van der Waals surface area contributed by atoms with Gasteiger partial charge in [-0.1, -0.05) is 23.2 Å². The van der Waals surface area contributed by atoms with Crippen LogP contribution in [0.1, 0.15) is 0 Å². The molecule has 0 aromatic heterocycles. The minimum Gasteiger partial charge on any atom is -0.258 e. The molecular formula is C6H2Cl2FNO2. The Balaban J connectivity index is 3.37. The molecule has 0 heterocycles. The Morgan fingerprint density at radius 2 is 2.00 bits per heavy atom. The molecule has 0 fully saturated rings. The third-order valence-electron chi connectivity index (χ3n) is 1.17. The maximum Gasteiger partial charge on any atom is 0.292 e. The van der Waals surface area contributed by atoms with Crippen molar-refractivity contribution in [3.05, 3.63) is 38.1 Å². The summed E-state index contributed by atoms with van der Waals surface area (Å²) in [6, 6.07) is 1.63. The zero-order valence-electron chi connectivity index (χ0n) is 5.55. The van der Waals surface area contributed by atoms with Gasteiger partial charge in [-0.25, -0.2) is 4.39 Å². The van der Waals surface area contributed by atoms with E-state index < -0.39 is 16.4 Å². The van der Waals surface area contributed by atoms with Crippen LogP contribution in [0.2, 0.25) is 10.0 Å². The summed E-state index contributed by atoms with van der Waals surface area (Å²) in [5.41, 5.74) is -0.526. The average molecular weight is 210 g/mol. The summed E-state index contributed by atoms with van der Waals surface area (Å²) >= 11 is 10.8. The number of hydrogen-bond donors (Lipinski definition) is 0. The molecule has 0 spiro atoms. The number of rotatable bonds is 1. The smallest absolute Gasteiger partial charge is 0.258 e. The number of hydrogen-bond acceptors (Lipinski definition) is 2. The lowest BCUT2D eigenvalue weighted by atomic mass is 10.3. The number of halogens is 3. The van der Waals surface area contributed by atoms with Crippen molar-refractivity contribution in [2.24, 2.45) is 0 Å². The zero-order chi connectivity index (χ0) is 9.30. The highest BCUT2D eigenvalue weighted by molar-refractivity contribution is 6.43. The molecule has 3 nitrogen and oxygen atoms in total. The second-order valence-corrected chi connectivity index (χ2v) is 2.76. The molecule has 0 bridgehead atoms. The van der Waals surface area contributed by atoms with Crippen LogP contribution in [0.3, 0.4) is 0 Å². The van der Waals surface area contributed by atoms with Crippen molar-refractivity contribution in [2.45, 2.75) is 0 Å². The van der Waals surface area contributed by atoms with Crippen molar-refractivity contribution in [2.75, 3.05) is 0 Å². The Kier molecular flexibility index (Phi) is 2.49. The standard InChI is InChI=1S/C6H2Cl2FNO2/c7-4-1-3(9)2-5(6(4)8)10(11)12/h1-2H. The molecule has 6 heteroatoms. The molecule has 0 aliphatic heterocycles. The summed E-state index contributed by atoms with van der Waals surface area (Å²) in [4.78, 5) is 9.43. The monoisotopic (exact) mass is 209 g/mol. The maximum atomic E-state index is 12.5. The van der Waals surface area contributed by atoms with Gasteiger partial charge in [0, 0.05) is 0 Å². The van der Waals surface area contributed by atoms with Gasteiger partial charge in [0.1, 0.15) is 10.8 Å². The van der Waals surface area contributed by atoms with Gasteiger partial charge in [0.2, 0.25) is 0 Å². The fourth-order valence-electron chi connectivity index (χ4n) is 0.675. The Labute approximate surface area is 76.9 Å². The molecule has 1 aromatic rings. The third-order valence-corrected chi connectivity index (χ3v) is 1.96. The van der Waals surface area contributed by atoms with Crippen LogP contribution >= 0.6 is 23.2 Å². The number of nitro benzene ring substituents is 1. The SMILES string of the molecule is O=[N+]([O-])c1cc(F)cc(Cl)c1Cl. The molecule has 0 N–H and O–H groups in total. The van der Waals surface area contributed by atoms with Gasteiger partial charge < -0.3 is 0 Å². The van der Waals surface area contributed by atoms with Crippen LogP contribution in [0.15, 0.2) is 12.1 Å². The molecule has 1 rings (SSSR count). The molecule has 1 aromatic carbocycles. The van der Waals surface area contributed by atoms with Crippen molar-refractivity contribution in [3.63, 3.8) is 0 Å². The van der Waals surface area contributed by atoms with E-state index in [1.165, 1.54) is 0 Å². The Morgan fingerprint density at radius 3 is 2.50 bits per heavy atom. The van der Waals surface area contributed by atoms with E-state index in [1.54, 1.807) is 0 Å². The Bertz CT molecular complexity index is 343. The van der Waals surface area contributed by atoms with Crippen molar-refractivity contribution in [3.8, 4) is 0 Å². The van der Waals surface area contributed by atoms with Gasteiger partial charge in [-0.2, -0.15) is 0 Å². The van der Waals surface area contributed by atoms with E-state index in [2.05, 4.69) is 0 Å². The van der Waals surface area contributed by atoms with Gasteiger partial charge in [0.15, 0.2) is 0 Å². The van der Waals surface area contributed by atoms with E-state index in [0.29, 0.717) is 6.07 Å². The van der Waals surface area contributed by atoms with Crippen LogP contribution in [0.4, 0.5) is 10.1 Å². The van der Waals surface area contributed by atoms with Crippen LogP contribution in [0.5, 0.6) is 0 Å². The molecule has 0 saturated heterocycles. The van der Waals surface area contributed by atoms with Crippen molar-refractivity contribution in [1.29, 1.82) is 0 Å². The Hall–Kier alpha value is -0.870. The van der Waals surface area contributed by atoms with E-state index in [9.17, 15) is 14.5 Å². The first kappa shape index (κ1) is 9.22. The molecule has 64 valence electrons. The first-order valence-electron chi connectivity index (χ1n) is 2.81. The normalized spacial score (nSPS) is 9.92. The van der Waals surface area contributed by atoms with Crippen LogP contribution < -0.4 is 0 Å².